The molecule has 0 bridgehead atoms. The molecule has 4 heteroatoms. The van der Waals surface area contributed by atoms with Gasteiger partial charge in [0.2, 0.25) is 5.88 Å². The van der Waals surface area contributed by atoms with Gasteiger partial charge in [-0.05, 0) is 41.3 Å². The molecule has 0 atom stereocenters. The predicted octanol–water partition coefficient (Wildman–Crippen LogP) is 6.05. The summed E-state index contributed by atoms with van der Waals surface area (Å²) in [5.41, 5.74) is 7.35. The van der Waals surface area contributed by atoms with E-state index in [1.807, 2.05) is 42.5 Å². The van der Waals surface area contributed by atoms with Gasteiger partial charge >= 0.3 is 0 Å². The summed E-state index contributed by atoms with van der Waals surface area (Å²) in [6.07, 6.45) is 2.85. The summed E-state index contributed by atoms with van der Waals surface area (Å²) in [5.74, 6) is 2.93. The summed E-state index contributed by atoms with van der Waals surface area (Å²) in [6, 6.07) is 17.2. The minimum Gasteiger partial charge on any atom is -0.438 e. The Labute approximate surface area is 168 Å². The van der Waals surface area contributed by atoms with Crippen molar-refractivity contribution in [1.29, 1.82) is 5.26 Å². The minimum atomic E-state index is 0.458. The molecule has 1 aromatic heterocycles. The molecule has 0 saturated heterocycles. The average Bonchev–Trinajstić information content (AvgIpc) is 2.68. The van der Waals surface area contributed by atoms with Crippen LogP contribution in [0, 0.1) is 23.2 Å². The van der Waals surface area contributed by atoms with Gasteiger partial charge in [-0.25, -0.2) is 4.98 Å². The van der Waals surface area contributed by atoms with Gasteiger partial charge in [-0.15, -0.1) is 0 Å². The number of benzene rings is 2. The smallest absolute Gasteiger partial charge is 0.219 e. The lowest BCUT2D eigenvalue weighted by atomic mass is 10.0. The van der Waals surface area contributed by atoms with E-state index in [1.54, 1.807) is 12.1 Å². The number of ether oxygens (including phenoxy) is 1. The zero-order valence-corrected chi connectivity index (χ0v) is 17.1. The second kappa shape index (κ2) is 10.4. The first-order chi connectivity index (χ1) is 13.4. The van der Waals surface area contributed by atoms with Gasteiger partial charge in [0.15, 0.2) is 0 Å². The number of nitriles is 1. The standard InChI is InChI=1S/C17H13N3O.C7H16/c18-9-12-7-8-17(20-11-12)21-16-6-2-4-14-13(10-19)3-1-5-15(14)16;1-6(2)5-7(3)4/h1-8,11H,10,19H2;6-7H,5H2,1-4H3. The van der Waals surface area contributed by atoms with Crippen LogP contribution in [0.4, 0.5) is 0 Å². The van der Waals surface area contributed by atoms with Crippen molar-refractivity contribution in [3.8, 4) is 17.7 Å². The molecule has 0 aliphatic heterocycles. The quantitative estimate of drug-likeness (QED) is 0.589. The van der Waals surface area contributed by atoms with E-state index in [0.29, 0.717) is 18.0 Å². The van der Waals surface area contributed by atoms with Gasteiger partial charge in [-0.3, -0.25) is 0 Å². The number of aromatic nitrogens is 1. The molecule has 0 saturated carbocycles. The van der Waals surface area contributed by atoms with Gasteiger partial charge in [0, 0.05) is 24.2 Å². The van der Waals surface area contributed by atoms with Crippen LogP contribution in [0.2, 0.25) is 0 Å². The summed E-state index contributed by atoms with van der Waals surface area (Å²) < 4.78 is 5.83. The Morgan fingerprint density at radius 2 is 1.64 bits per heavy atom. The van der Waals surface area contributed by atoms with E-state index >= 15 is 0 Å². The molecule has 4 nitrogen and oxygen atoms in total. The second-order valence-corrected chi connectivity index (χ2v) is 7.59. The maximum atomic E-state index is 8.77. The molecule has 28 heavy (non-hydrogen) atoms. The van der Waals surface area contributed by atoms with Crippen LogP contribution in [0.15, 0.2) is 54.7 Å². The van der Waals surface area contributed by atoms with Crippen molar-refractivity contribution in [2.24, 2.45) is 17.6 Å². The van der Waals surface area contributed by atoms with Crippen LogP contribution in [-0.4, -0.2) is 4.98 Å². The zero-order chi connectivity index (χ0) is 20.5. The van der Waals surface area contributed by atoms with Crippen molar-refractivity contribution in [2.75, 3.05) is 0 Å². The average molecular weight is 376 g/mol. The molecule has 0 aliphatic rings. The molecule has 0 aliphatic carbocycles. The first-order valence-electron chi connectivity index (χ1n) is 9.69. The van der Waals surface area contributed by atoms with E-state index in [2.05, 4.69) is 32.7 Å². The molecule has 2 aromatic carbocycles. The SMILES string of the molecule is CC(C)CC(C)C.N#Cc1ccc(Oc2cccc3c(CN)cccc23)nc1. The molecular weight excluding hydrogens is 346 g/mol. The highest BCUT2D eigenvalue weighted by Gasteiger charge is 2.06. The van der Waals surface area contributed by atoms with E-state index in [4.69, 9.17) is 15.7 Å². The molecular formula is C24H29N3O. The Hall–Kier alpha value is -2.90. The van der Waals surface area contributed by atoms with Gasteiger partial charge in [-0.1, -0.05) is 58.0 Å². The Morgan fingerprint density at radius 1 is 0.964 bits per heavy atom. The van der Waals surface area contributed by atoms with Gasteiger partial charge in [-0.2, -0.15) is 5.26 Å². The number of hydrogen-bond acceptors (Lipinski definition) is 4. The molecule has 0 amide bonds. The molecule has 146 valence electrons. The van der Waals surface area contributed by atoms with Crippen LogP contribution in [-0.2, 0) is 6.54 Å². The van der Waals surface area contributed by atoms with Crippen LogP contribution in [0.5, 0.6) is 11.6 Å². The minimum absolute atomic E-state index is 0.458. The van der Waals surface area contributed by atoms with E-state index in [1.165, 1.54) is 12.6 Å². The van der Waals surface area contributed by atoms with Gasteiger partial charge < -0.3 is 10.5 Å². The largest absolute Gasteiger partial charge is 0.438 e. The Morgan fingerprint density at radius 3 is 2.18 bits per heavy atom. The lowest BCUT2D eigenvalue weighted by Gasteiger charge is -2.10. The predicted molar refractivity (Wildman–Crippen MR) is 115 cm³/mol. The van der Waals surface area contributed by atoms with Crippen LogP contribution in [0.1, 0.15) is 45.2 Å². The number of fused-ring (bicyclic) bond motifs is 1. The van der Waals surface area contributed by atoms with E-state index in [9.17, 15) is 0 Å². The zero-order valence-electron chi connectivity index (χ0n) is 17.1. The van der Waals surface area contributed by atoms with Gasteiger partial charge in [0.25, 0.3) is 0 Å². The number of rotatable bonds is 5. The molecule has 3 rings (SSSR count). The topological polar surface area (TPSA) is 71.9 Å². The summed E-state index contributed by atoms with van der Waals surface area (Å²) in [6.45, 7) is 9.54. The van der Waals surface area contributed by atoms with Crippen molar-refractivity contribution < 1.29 is 4.74 Å². The molecule has 1 heterocycles. The molecule has 0 spiro atoms. The lowest BCUT2D eigenvalue weighted by Crippen LogP contribution is -1.97. The van der Waals surface area contributed by atoms with Crippen molar-refractivity contribution in [1.82, 2.24) is 4.98 Å². The first kappa shape index (κ1) is 21.4. The number of hydrogen-bond donors (Lipinski definition) is 1. The van der Waals surface area contributed by atoms with Gasteiger partial charge in [0.1, 0.15) is 11.8 Å². The van der Waals surface area contributed by atoms with Crippen molar-refractivity contribution in [3.63, 3.8) is 0 Å². The highest BCUT2D eigenvalue weighted by Crippen LogP contribution is 2.30. The van der Waals surface area contributed by atoms with E-state index < -0.39 is 0 Å². The fraction of sp³-hybridized carbons (Fsp3) is 0.333. The summed E-state index contributed by atoms with van der Waals surface area (Å²) >= 11 is 0. The summed E-state index contributed by atoms with van der Waals surface area (Å²) in [4.78, 5) is 4.12. The molecule has 2 N–H and O–H groups in total. The summed E-state index contributed by atoms with van der Waals surface area (Å²) in [7, 11) is 0. The van der Waals surface area contributed by atoms with Crippen LogP contribution < -0.4 is 10.5 Å². The summed E-state index contributed by atoms with van der Waals surface area (Å²) in [5, 5.41) is 10.8. The Balaban J connectivity index is 0.000000345. The maximum Gasteiger partial charge on any atom is 0.219 e. The Kier molecular flexibility index (Phi) is 7.98. The normalized spacial score (nSPS) is 10.5. The number of pyridine rings is 1. The second-order valence-electron chi connectivity index (χ2n) is 7.59. The van der Waals surface area contributed by atoms with Crippen molar-refractivity contribution in [2.45, 2.75) is 40.7 Å². The third-order valence-corrected chi connectivity index (χ3v) is 4.22. The monoisotopic (exact) mass is 375 g/mol. The molecule has 3 aromatic rings. The third kappa shape index (κ3) is 6.07. The fourth-order valence-electron chi connectivity index (χ4n) is 3.18. The highest BCUT2D eigenvalue weighted by molar-refractivity contribution is 5.91. The highest BCUT2D eigenvalue weighted by atomic mass is 16.5. The van der Waals surface area contributed by atoms with Crippen molar-refractivity contribution in [3.05, 3.63) is 65.9 Å². The first-order valence-corrected chi connectivity index (χ1v) is 9.69. The van der Waals surface area contributed by atoms with E-state index in [-0.39, 0.29) is 0 Å². The van der Waals surface area contributed by atoms with E-state index in [0.717, 1.165) is 33.9 Å². The van der Waals surface area contributed by atoms with Gasteiger partial charge in [0.05, 0.1) is 5.56 Å². The number of nitrogens with zero attached hydrogens (tertiary/aromatic N) is 2. The fourth-order valence-corrected chi connectivity index (χ4v) is 3.18. The molecule has 0 unspecified atom stereocenters. The molecule has 0 radical (unpaired) electrons. The third-order valence-electron chi connectivity index (χ3n) is 4.22. The van der Waals surface area contributed by atoms with Crippen LogP contribution in [0.25, 0.3) is 10.8 Å². The lowest BCUT2D eigenvalue weighted by molar-refractivity contribution is 0.468. The number of nitrogens with two attached hydrogens (primary N) is 1. The van der Waals surface area contributed by atoms with Crippen molar-refractivity contribution >= 4 is 10.8 Å². The van der Waals surface area contributed by atoms with Crippen LogP contribution >= 0.6 is 0 Å². The maximum absolute atomic E-state index is 8.77. The van der Waals surface area contributed by atoms with Crippen LogP contribution in [0.3, 0.4) is 0 Å². The molecule has 0 fully saturated rings. The Bertz CT molecular complexity index is 919.